The fraction of sp³-hybridized carbons (Fsp3) is 0.385. The number of rotatable bonds is 6. The van der Waals surface area contributed by atoms with E-state index in [1.165, 1.54) is 18.2 Å². The number of sulfonamides is 1. The summed E-state index contributed by atoms with van der Waals surface area (Å²) < 4.78 is 36.1. The van der Waals surface area contributed by atoms with E-state index < -0.39 is 34.6 Å². The number of hydrogen-bond donors (Lipinski definition) is 2. The lowest BCUT2D eigenvalue weighted by Crippen LogP contribution is -2.29. The number of aliphatic carboxylic acids is 1. The molecule has 0 saturated carbocycles. The number of ether oxygens (including phenoxy) is 2. The fourth-order valence-electron chi connectivity index (χ4n) is 2.00. The van der Waals surface area contributed by atoms with Gasteiger partial charge in [-0.15, -0.1) is 0 Å². The zero-order valence-corrected chi connectivity index (χ0v) is 12.6. The highest BCUT2D eigenvalue weighted by Crippen LogP contribution is 2.31. The minimum absolute atomic E-state index is 0.0828. The van der Waals surface area contributed by atoms with E-state index >= 15 is 0 Å². The standard InChI is InChI=1S/C13H15NO7S/c1-2-20-13(17)11-6-8-5-9(3-4-10(8)21-11)22(18,19)14-7-12(15)16/h3-5,11,14H,2,6-7H2,1H3,(H,15,16). The molecule has 0 radical (unpaired) electrons. The first-order valence-electron chi connectivity index (χ1n) is 6.51. The van der Waals surface area contributed by atoms with Gasteiger partial charge >= 0.3 is 11.9 Å². The van der Waals surface area contributed by atoms with Crippen molar-refractivity contribution in [3.05, 3.63) is 23.8 Å². The van der Waals surface area contributed by atoms with Gasteiger partial charge in [-0.1, -0.05) is 0 Å². The van der Waals surface area contributed by atoms with Gasteiger partial charge < -0.3 is 14.6 Å². The molecule has 0 spiro atoms. The molecule has 1 aromatic carbocycles. The van der Waals surface area contributed by atoms with Gasteiger partial charge in [0.1, 0.15) is 12.3 Å². The van der Waals surface area contributed by atoms with Gasteiger partial charge in [0.25, 0.3) is 0 Å². The molecule has 0 aromatic heterocycles. The van der Waals surface area contributed by atoms with Crippen LogP contribution in [0.5, 0.6) is 5.75 Å². The van der Waals surface area contributed by atoms with E-state index in [0.29, 0.717) is 11.3 Å². The molecule has 0 amide bonds. The minimum Gasteiger partial charge on any atom is -0.480 e. The second-order valence-electron chi connectivity index (χ2n) is 4.55. The summed E-state index contributed by atoms with van der Waals surface area (Å²) in [6, 6.07) is 4.08. The van der Waals surface area contributed by atoms with E-state index in [2.05, 4.69) is 0 Å². The van der Waals surface area contributed by atoms with Gasteiger partial charge in [0.2, 0.25) is 10.0 Å². The number of carboxylic acids is 1. The van der Waals surface area contributed by atoms with Crippen molar-refractivity contribution >= 4 is 22.0 Å². The number of esters is 1. The molecule has 9 heteroatoms. The van der Waals surface area contributed by atoms with Crippen molar-refractivity contribution in [1.29, 1.82) is 0 Å². The Hall–Kier alpha value is -2.13. The lowest BCUT2D eigenvalue weighted by Gasteiger charge is -2.08. The van der Waals surface area contributed by atoms with Gasteiger partial charge in [0.05, 0.1) is 11.5 Å². The summed E-state index contributed by atoms with van der Waals surface area (Å²) in [4.78, 5) is 22.0. The molecule has 0 aliphatic carbocycles. The molecule has 0 bridgehead atoms. The first-order valence-corrected chi connectivity index (χ1v) is 7.99. The second-order valence-corrected chi connectivity index (χ2v) is 6.32. The summed E-state index contributed by atoms with van der Waals surface area (Å²) in [6.45, 7) is 1.20. The minimum atomic E-state index is -3.93. The van der Waals surface area contributed by atoms with E-state index in [0.717, 1.165) is 0 Å². The van der Waals surface area contributed by atoms with Gasteiger partial charge in [-0.25, -0.2) is 13.2 Å². The topological polar surface area (TPSA) is 119 Å². The Bertz CT molecular complexity index is 698. The Morgan fingerprint density at radius 3 is 2.82 bits per heavy atom. The SMILES string of the molecule is CCOC(=O)C1Cc2cc(S(=O)(=O)NCC(=O)O)ccc2O1. The zero-order valence-electron chi connectivity index (χ0n) is 11.7. The van der Waals surface area contributed by atoms with Gasteiger partial charge in [0, 0.05) is 6.42 Å². The normalized spacial score (nSPS) is 16.7. The van der Waals surface area contributed by atoms with Crippen LogP contribution in [0.25, 0.3) is 0 Å². The first kappa shape index (κ1) is 16.2. The van der Waals surface area contributed by atoms with Crippen LogP contribution in [0, 0.1) is 0 Å². The second kappa shape index (κ2) is 6.32. The molecular formula is C13H15NO7S. The quantitative estimate of drug-likeness (QED) is 0.700. The highest BCUT2D eigenvalue weighted by Gasteiger charge is 2.31. The lowest BCUT2D eigenvalue weighted by atomic mass is 10.1. The molecule has 1 aromatic rings. The van der Waals surface area contributed by atoms with E-state index in [1.807, 2.05) is 4.72 Å². The maximum Gasteiger partial charge on any atom is 0.347 e. The number of hydrogen-bond acceptors (Lipinski definition) is 6. The third-order valence-electron chi connectivity index (χ3n) is 2.98. The molecule has 0 saturated heterocycles. The maximum absolute atomic E-state index is 11.9. The van der Waals surface area contributed by atoms with Crippen LogP contribution < -0.4 is 9.46 Å². The Labute approximate surface area is 127 Å². The van der Waals surface area contributed by atoms with Crippen molar-refractivity contribution in [3.63, 3.8) is 0 Å². The van der Waals surface area contributed by atoms with E-state index in [-0.39, 0.29) is 17.9 Å². The van der Waals surface area contributed by atoms with E-state index in [9.17, 15) is 18.0 Å². The fourth-order valence-corrected chi connectivity index (χ4v) is 3.02. The van der Waals surface area contributed by atoms with Crippen molar-refractivity contribution in [3.8, 4) is 5.75 Å². The Kier molecular flexibility index (Phi) is 4.67. The molecule has 2 N–H and O–H groups in total. The molecule has 120 valence electrons. The molecule has 22 heavy (non-hydrogen) atoms. The van der Waals surface area contributed by atoms with Crippen molar-refractivity contribution in [2.75, 3.05) is 13.2 Å². The molecule has 1 aliphatic rings. The van der Waals surface area contributed by atoms with Crippen molar-refractivity contribution < 1.29 is 32.6 Å². The zero-order chi connectivity index (χ0) is 16.3. The van der Waals surface area contributed by atoms with Crippen molar-refractivity contribution in [2.45, 2.75) is 24.3 Å². The smallest absolute Gasteiger partial charge is 0.347 e. The Morgan fingerprint density at radius 2 is 2.18 bits per heavy atom. The Balaban J connectivity index is 2.16. The molecule has 1 atom stereocenters. The monoisotopic (exact) mass is 329 g/mol. The average Bonchev–Trinajstić information content (AvgIpc) is 2.88. The maximum atomic E-state index is 11.9. The summed E-state index contributed by atoms with van der Waals surface area (Å²) in [7, 11) is -3.93. The third-order valence-corrected chi connectivity index (χ3v) is 4.38. The predicted molar refractivity (Wildman–Crippen MR) is 74.0 cm³/mol. The number of fused-ring (bicyclic) bond motifs is 1. The van der Waals surface area contributed by atoms with Gasteiger partial charge in [-0.05, 0) is 30.7 Å². The number of carbonyl (C=O) groups is 2. The number of carbonyl (C=O) groups excluding carboxylic acids is 1. The van der Waals surface area contributed by atoms with Gasteiger partial charge in [-0.3, -0.25) is 4.79 Å². The number of carboxylic acid groups (broad SMARTS) is 1. The summed E-state index contributed by atoms with van der Waals surface area (Å²) in [5.41, 5.74) is 0.552. The van der Waals surface area contributed by atoms with E-state index in [4.69, 9.17) is 14.6 Å². The molecular weight excluding hydrogens is 314 g/mol. The largest absolute Gasteiger partial charge is 0.480 e. The highest BCUT2D eigenvalue weighted by molar-refractivity contribution is 7.89. The van der Waals surface area contributed by atoms with Gasteiger partial charge in [0.15, 0.2) is 6.10 Å². The molecule has 1 aliphatic heterocycles. The number of benzene rings is 1. The van der Waals surface area contributed by atoms with Crippen LogP contribution >= 0.6 is 0 Å². The van der Waals surface area contributed by atoms with Crippen molar-refractivity contribution in [1.82, 2.24) is 4.72 Å². The summed E-state index contributed by atoms with van der Waals surface area (Å²) >= 11 is 0. The van der Waals surface area contributed by atoms with Crippen LogP contribution in [0.2, 0.25) is 0 Å². The molecule has 1 heterocycles. The summed E-state index contributed by atoms with van der Waals surface area (Å²) in [5, 5.41) is 8.53. The van der Waals surface area contributed by atoms with E-state index in [1.54, 1.807) is 6.92 Å². The van der Waals surface area contributed by atoms with Gasteiger partial charge in [-0.2, -0.15) is 4.72 Å². The molecule has 0 fully saturated rings. The molecule has 8 nitrogen and oxygen atoms in total. The van der Waals surface area contributed by atoms with Crippen LogP contribution in [-0.2, 0) is 30.8 Å². The third kappa shape index (κ3) is 3.55. The lowest BCUT2D eigenvalue weighted by molar-refractivity contribution is -0.150. The average molecular weight is 329 g/mol. The van der Waals surface area contributed by atoms with Crippen LogP contribution in [-0.4, -0.2) is 44.7 Å². The van der Waals surface area contributed by atoms with Crippen LogP contribution in [0.1, 0.15) is 12.5 Å². The van der Waals surface area contributed by atoms with Crippen LogP contribution in [0.3, 0.4) is 0 Å². The molecule has 1 unspecified atom stereocenters. The first-order chi connectivity index (χ1) is 10.3. The summed E-state index contributed by atoms with van der Waals surface area (Å²) in [6.07, 6.45) is -0.587. The van der Waals surface area contributed by atoms with Crippen molar-refractivity contribution in [2.24, 2.45) is 0 Å². The highest BCUT2D eigenvalue weighted by atomic mass is 32.2. The Morgan fingerprint density at radius 1 is 1.45 bits per heavy atom. The molecule has 2 rings (SSSR count). The van der Waals surface area contributed by atoms with Crippen LogP contribution in [0.15, 0.2) is 23.1 Å². The predicted octanol–water partition coefficient (Wildman–Crippen LogP) is -0.0839. The number of nitrogens with one attached hydrogen (secondary N) is 1. The summed E-state index contributed by atoms with van der Waals surface area (Å²) in [5.74, 6) is -1.38. The van der Waals surface area contributed by atoms with Crippen LogP contribution in [0.4, 0.5) is 0 Å².